The van der Waals surface area contributed by atoms with Crippen molar-refractivity contribution in [1.82, 2.24) is 10.6 Å². The summed E-state index contributed by atoms with van der Waals surface area (Å²) < 4.78 is 0. The van der Waals surface area contributed by atoms with Gasteiger partial charge >= 0.3 is 12.0 Å². The topological polar surface area (TPSA) is 95.5 Å². The standard InChI is InChI=1S/C10H18N2O4S/c1-4-11-10(16)12-7(13)5-17-8(6(2)3)9(14)15/h6,8H,4-5H2,1-3H3,(H,14,15)(H2,11,12,13,16). The lowest BCUT2D eigenvalue weighted by Crippen LogP contribution is -2.40. The summed E-state index contributed by atoms with van der Waals surface area (Å²) in [4.78, 5) is 33.1. The van der Waals surface area contributed by atoms with E-state index in [1.807, 2.05) is 0 Å². The van der Waals surface area contributed by atoms with Gasteiger partial charge in [0.2, 0.25) is 5.91 Å². The second-order valence-corrected chi connectivity index (χ2v) is 4.85. The Morgan fingerprint density at radius 3 is 2.29 bits per heavy atom. The highest BCUT2D eigenvalue weighted by molar-refractivity contribution is 8.01. The van der Waals surface area contributed by atoms with Gasteiger partial charge in [-0.25, -0.2) is 4.79 Å². The van der Waals surface area contributed by atoms with E-state index in [1.54, 1.807) is 20.8 Å². The number of hydrogen-bond donors (Lipinski definition) is 3. The highest BCUT2D eigenvalue weighted by atomic mass is 32.2. The van der Waals surface area contributed by atoms with Crippen molar-refractivity contribution in [3.63, 3.8) is 0 Å². The van der Waals surface area contributed by atoms with Crippen molar-refractivity contribution in [2.75, 3.05) is 12.3 Å². The molecule has 98 valence electrons. The highest BCUT2D eigenvalue weighted by Gasteiger charge is 2.23. The van der Waals surface area contributed by atoms with Crippen molar-refractivity contribution in [1.29, 1.82) is 0 Å². The Hall–Kier alpha value is -1.24. The first-order valence-corrected chi connectivity index (χ1v) is 6.35. The first kappa shape index (κ1) is 15.8. The molecule has 0 aliphatic carbocycles. The summed E-state index contributed by atoms with van der Waals surface area (Å²) in [6.45, 7) is 5.70. The zero-order valence-corrected chi connectivity index (χ0v) is 11.0. The minimum Gasteiger partial charge on any atom is -0.480 e. The van der Waals surface area contributed by atoms with Gasteiger partial charge in [-0.1, -0.05) is 13.8 Å². The van der Waals surface area contributed by atoms with E-state index in [9.17, 15) is 14.4 Å². The largest absolute Gasteiger partial charge is 0.480 e. The number of carbonyl (C=O) groups is 3. The zero-order valence-electron chi connectivity index (χ0n) is 10.1. The van der Waals surface area contributed by atoms with Gasteiger partial charge in [-0.3, -0.25) is 14.9 Å². The van der Waals surface area contributed by atoms with Crippen LogP contribution in [0, 0.1) is 5.92 Å². The average Bonchev–Trinajstić information content (AvgIpc) is 2.16. The number of amides is 3. The molecule has 0 rings (SSSR count). The van der Waals surface area contributed by atoms with Crippen molar-refractivity contribution in [2.24, 2.45) is 5.92 Å². The molecule has 0 aromatic carbocycles. The number of carboxylic acids is 1. The number of carbonyl (C=O) groups excluding carboxylic acids is 2. The van der Waals surface area contributed by atoms with Gasteiger partial charge in [-0.05, 0) is 12.8 Å². The van der Waals surface area contributed by atoms with Crippen LogP contribution in [-0.4, -0.2) is 40.6 Å². The Morgan fingerprint density at radius 1 is 1.29 bits per heavy atom. The Bertz CT molecular complexity index is 294. The molecular weight excluding hydrogens is 244 g/mol. The maximum atomic E-state index is 11.3. The van der Waals surface area contributed by atoms with Gasteiger partial charge in [-0.2, -0.15) is 0 Å². The summed E-state index contributed by atoms with van der Waals surface area (Å²) in [5, 5.41) is 12.8. The van der Waals surface area contributed by atoms with Gasteiger partial charge < -0.3 is 10.4 Å². The van der Waals surface area contributed by atoms with Gasteiger partial charge in [0.25, 0.3) is 0 Å². The van der Waals surface area contributed by atoms with Gasteiger partial charge in [-0.15, -0.1) is 11.8 Å². The van der Waals surface area contributed by atoms with Crippen LogP contribution in [0.1, 0.15) is 20.8 Å². The average molecular weight is 262 g/mol. The molecule has 0 saturated heterocycles. The first-order valence-electron chi connectivity index (χ1n) is 5.30. The fourth-order valence-corrected chi connectivity index (χ4v) is 2.01. The molecule has 1 atom stereocenters. The second-order valence-electron chi connectivity index (χ2n) is 3.72. The van der Waals surface area contributed by atoms with Gasteiger partial charge in [0.1, 0.15) is 5.25 Å². The van der Waals surface area contributed by atoms with E-state index in [1.165, 1.54) is 0 Å². The fourth-order valence-electron chi connectivity index (χ4n) is 1.08. The summed E-state index contributed by atoms with van der Waals surface area (Å²) in [6, 6.07) is -0.561. The molecule has 1 unspecified atom stereocenters. The third kappa shape index (κ3) is 6.83. The van der Waals surface area contributed by atoms with Crippen LogP contribution in [0.2, 0.25) is 0 Å². The summed E-state index contributed by atoms with van der Waals surface area (Å²) in [7, 11) is 0. The Balaban J connectivity index is 4.05. The molecule has 0 aromatic rings. The van der Waals surface area contributed by atoms with E-state index in [-0.39, 0.29) is 11.7 Å². The lowest BCUT2D eigenvalue weighted by atomic mass is 10.1. The molecule has 0 aliphatic heterocycles. The Labute approximate surface area is 105 Å². The summed E-state index contributed by atoms with van der Waals surface area (Å²) >= 11 is 1.01. The molecule has 0 spiro atoms. The predicted molar refractivity (Wildman–Crippen MR) is 65.9 cm³/mol. The lowest BCUT2D eigenvalue weighted by Gasteiger charge is -2.15. The molecule has 0 radical (unpaired) electrons. The fraction of sp³-hybridized carbons (Fsp3) is 0.700. The van der Waals surface area contributed by atoms with Crippen LogP contribution in [-0.2, 0) is 9.59 Å². The first-order chi connectivity index (χ1) is 7.88. The third-order valence-electron chi connectivity index (χ3n) is 1.83. The molecule has 6 nitrogen and oxygen atoms in total. The van der Waals surface area contributed by atoms with E-state index in [0.29, 0.717) is 6.54 Å². The number of aliphatic carboxylic acids is 1. The molecule has 0 aromatic heterocycles. The SMILES string of the molecule is CCNC(=O)NC(=O)CSC(C(=O)O)C(C)C. The van der Waals surface area contributed by atoms with E-state index in [4.69, 9.17) is 5.11 Å². The molecule has 0 bridgehead atoms. The van der Waals surface area contributed by atoms with Crippen LogP contribution in [0.3, 0.4) is 0 Å². The number of imide groups is 1. The van der Waals surface area contributed by atoms with E-state index >= 15 is 0 Å². The van der Waals surface area contributed by atoms with Crippen molar-refractivity contribution < 1.29 is 19.5 Å². The number of hydrogen-bond acceptors (Lipinski definition) is 4. The van der Waals surface area contributed by atoms with Gasteiger partial charge in [0.15, 0.2) is 0 Å². The summed E-state index contributed by atoms with van der Waals surface area (Å²) in [6.07, 6.45) is 0. The number of rotatable bonds is 6. The summed E-state index contributed by atoms with van der Waals surface area (Å²) in [5.41, 5.74) is 0. The van der Waals surface area contributed by atoms with Crippen LogP contribution in [0.25, 0.3) is 0 Å². The molecule has 17 heavy (non-hydrogen) atoms. The van der Waals surface area contributed by atoms with Crippen molar-refractivity contribution in [2.45, 2.75) is 26.0 Å². The van der Waals surface area contributed by atoms with Crippen molar-refractivity contribution in [3.8, 4) is 0 Å². The van der Waals surface area contributed by atoms with Gasteiger partial charge in [0, 0.05) is 6.54 Å². The maximum absolute atomic E-state index is 11.3. The van der Waals surface area contributed by atoms with Crippen molar-refractivity contribution in [3.05, 3.63) is 0 Å². The van der Waals surface area contributed by atoms with Crippen molar-refractivity contribution >= 4 is 29.7 Å². The molecule has 0 fully saturated rings. The maximum Gasteiger partial charge on any atom is 0.321 e. The minimum absolute atomic E-state index is 0.0493. The van der Waals surface area contributed by atoms with E-state index in [2.05, 4.69) is 10.6 Å². The van der Waals surface area contributed by atoms with Crippen LogP contribution in [0.4, 0.5) is 4.79 Å². The molecule has 7 heteroatoms. The number of thioether (sulfide) groups is 1. The smallest absolute Gasteiger partial charge is 0.321 e. The van der Waals surface area contributed by atoms with E-state index < -0.39 is 23.2 Å². The third-order valence-corrected chi connectivity index (χ3v) is 3.37. The predicted octanol–water partition coefficient (Wildman–Crippen LogP) is 0.674. The van der Waals surface area contributed by atoms with Crippen LogP contribution in [0.15, 0.2) is 0 Å². The molecule has 0 saturated carbocycles. The number of nitrogens with one attached hydrogen (secondary N) is 2. The van der Waals surface area contributed by atoms with E-state index in [0.717, 1.165) is 11.8 Å². The zero-order chi connectivity index (χ0) is 13.4. The highest BCUT2D eigenvalue weighted by Crippen LogP contribution is 2.19. The second kappa shape index (κ2) is 7.94. The minimum atomic E-state index is -0.948. The van der Waals surface area contributed by atoms with Crippen LogP contribution >= 0.6 is 11.8 Å². The lowest BCUT2D eigenvalue weighted by molar-refractivity contribution is -0.137. The monoisotopic (exact) mass is 262 g/mol. The quantitative estimate of drug-likeness (QED) is 0.654. The molecule has 0 aliphatic rings. The Morgan fingerprint density at radius 2 is 1.88 bits per heavy atom. The molecule has 0 heterocycles. The Kier molecular flexibility index (Phi) is 7.36. The number of carboxylic acid groups (broad SMARTS) is 1. The number of urea groups is 1. The van der Waals surface area contributed by atoms with Crippen LogP contribution < -0.4 is 10.6 Å². The molecule has 3 amide bonds. The normalized spacial score (nSPS) is 12.0. The van der Waals surface area contributed by atoms with Crippen LogP contribution in [0.5, 0.6) is 0 Å². The van der Waals surface area contributed by atoms with Gasteiger partial charge in [0.05, 0.1) is 5.75 Å². The molecular formula is C10H18N2O4S. The molecule has 3 N–H and O–H groups in total. The summed E-state index contributed by atoms with van der Waals surface area (Å²) in [5.74, 6) is -1.56.